The van der Waals surface area contributed by atoms with Gasteiger partial charge in [0.15, 0.2) is 0 Å². The van der Waals surface area contributed by atoms with Gasteiger partial charge in [-0.15, -0.1) is 0 Å². The Hall–Kier alpha value is -2.29. The summed E-state index contributed by atoms with van der Waals surface area (Å²) in [6.45, 7) is 6.14. The van der Waals surface area contributed by atoms with Gasteiger partial charge in [-0.1, -0.05) is 44.2 Å². The second-order valence-corrected chi connectivity index (χ2v) is 5.17. The molecule has 0 aromatic heterocycles. The van der Waals surface area contributed by atoms with Crippen molar-refractivity contribution in [3.05, 3.63) is 59.2 Å². The first kappa shape index (κ1) is 14.1. The van der Waals surface area contributed by atoms with Crippen LogP contribution in [-0.2, 0) is 0 Å². The first-order valence-electron chi connectivity index (χ1n) is 6.69. The molecule has 2 aromatic carbocycles. The van der Waals surface area contributed by atoms with Crippen molar-refractivity contribution in [3.8, 4) is 5.75 Å². The number of phenolic OH excluding ortho intramolecular Hbond substituents is 1. The van der Waals surface area contributed by atoms with Crippen LogP contribution in [0.1, 0.15) is 41.3 Å². The van der Waals surface area contributed by atoms with E-state index in [0.717, 1.165) is 16.8 Å². The predicted molar refractivity (Wildman–Crippen MR) is 81.3 cm³/mol. The number of anilines is 1. The van der Waals surface area contributed by atoms with Gasteiger partial charge < -0.3 is 10.4 Å². The zero-order valence-electron chi connectivity index (χ0n) is 12.0. The molecule has 0 aliphatic heterocycles. The molecule has 0 heterocycles. The number of carbonyl (C=O) groups excluding carboxylic acids is 1. The summed E-state index contributed by atoms with van der Waals surface area (Å²) in [7, 11) is 0. The Kier molecular flexibility index (Phi) is 4.08. The van der Waals surface area contributed by atoms with Crippen LogP contribution >= 0.6 is 0 Å². The Morgan fingerprint density at radius 2 is 1.80 bits per heavy atom. The largest absolute Gasteiger partial charge is 0.507 e. The van der Waals surface area contributed by atoms with Gasteiger partial charge in [-0.3, -0.25) is 4.79 Å². The number of phenols is 1. The van der Waals surface area contributed by atoms with Gasteiger partial charge in [0.25, 0.3) is 5.91 Å². The molecule has 0 unspecified atom stereocenters. The maximum atomic E-state index is 12.3. The topological polar surface area (TPSA) is 49.3 Å². The number of nitrogens with one attached hydrogen (secondary N) is 1. The molecule has 0 spiro atoms. The molecule has 20 heavy (non-hydrogen) atoms. The molecule has 104 valence electrons. The van der Waals surface area contributed by atoms with E-state index in [0.29, 0.717) is 5.92 Å². The number of carbonyl (C=O) groups is 1. The summed E-state index contributed by atoms with van der Waals surface area (Å²) in [6, 6.07) is 12.5. The van der Waals surface area contributed by atoms with Crippen molar-refractivity contribution in [3.63, 3.8) is 0 Å². The monoisotopic (exact) mass is 269 g/mol. The van der Waals surface area contributed by atoms with Crippen molar-refractivity contribution in [1.29, 1.82) is 0 Å². The van der Waals surface area contributed by atoms with E-state index in [1.165, 1.54) is 6.07 Å². The molecule has 0 aliphatic carbocycles. The minimum Gasteiger partial charge on any atom is -0.507 e. The second kappa shape index (κ2) is 5.78. The summed E-state index contributed by atoms with van der Waals surface area (Å²) in [4.78, 5) is 12.3. The van der Waals surface area contributed by atoms with Crippen LogP contribution < -0.4 is 5.32 Å². The zero-order valence-corrected chi connectivity index (χ0v) is 12.0. The second-order valence-electron chi connectivity index (χ2n) is 5.17. The standard InChI is InChI=1S/C17H19NO2/c1-11(2)13-9-6-7-12(3)16(13)18-17(20)14-8-4-5-10-15(14)19/h4-11,19H,1-3H3,(H,18,20). The summed E-state index contributed by atoms with van der Waals surface area (Å²) in [5.74, 6) is 0.0125. The molecule has 1 amide bonds. The van der Waals surface area contributed by atoms with E-state index in [-0.39, 0.29) is 17.2 Å². The van der Waals surface area contributed by atoms with Gasteiger partial charge >= 0.3 is 0 Å². The highest BCUT2D eigenvalue weighted by atomic mass is 16.3. The van der Waals surface area contributed by atoms with E-state index in [1.54, 1.807) is 18.2 Å². The lowest BCUT2D eigenvalue weighted by molar-refractivity contribution is 0.102. The highest BCUT2D eigenvalue weighted by molar-refractivity contribution is 6.06. The van der Waals surface area contributed by atoms with Gasteiger partial charge in [-0.25, -0.2) is 0 Å². The Morgan fingerprint density at radius 1 is 1.10 bits per heavy atom. The number of rotatable bonds is 3. The molecule has 0 bridgehead atoms. The molecule has 0 aliphatic rings. The minimum absolute atomic E-state index is 0.00955. The predicted octanol–water partition coefficient (Wildman–Crippen LogP) is 4.08. The molecule has 0 saturated carbocycles. The number of para-hydroxylation sites is 2. The fraction of sp³-hybridized carbons (Fsp3) is 0.235. The third-order valence-corrected chi connectivity index (χ3v) is 3.31. The number of aromatic hydroxyl groups is 1. The smallest absolute Gasteiger partial charge is 0.259 e. The maximum Gasteiger partial charge on any atom is 0.259 e. The molecule has 0 fully saturated rings. The first-order chi connectivity index (χ1) is 9.50. The van der Waals surface area contributed by atoms with E-state index in [4.69, 9.17) is 0 Å². The average molecular weight is 269 g/mol. The number of amides is 1. The maximum absolute atomic E-state index is 12.3. The van der Waals surface area contributed by atoms with Crippen LogP contribution in [0.4, 0.5) is 5.69 Å². The van der Waals surface area contributed by atoms with Gasteiger partial charge in [0.2, 0.25) is 0 Å². The van der Waals surface area contributed by atoms with Crippen LogP contribution in [-0.4, -0.2) is 11.0 Å². The van der Waals surface area contributed by atoms with Crippen LogP contribution in [0, 0.1) is 6.92 Å². The first-order valence-corrected chi connectivity index (χ1v) is 6.69. The summed E-state index contributed by atoms with van der Waals surface area (Å²) < 4.78 is 0. The summed E-state index contributed by atoms with van der Waals surface area (Å²) in [5, 5.41) is 12.7. The highest BCUT2D eigenvalue weighted by Crippen LogP contribution is 2.28. The fourth-order valence-corrected chi connectivity index (χ4v) is 2.19. The molecule has 3 heteroatoms. The Labute approximate surface area is 119 Å². The lowest BCUT2D eigenvalue weighted by Gasteiger charge is -2.16. The van der Waals surface area contributed by atoms with Gasteiger partial charge in [-0.05, 0) is 36.1 Å². The van der Waals surface area contributed by atoms with Gasteiger partial charge in [-0.2, -0.15) is 0 Å². The van der Waals surface area contributed by atoms with Crippen molar-refractivity contribution in [1.82, 2.24) is 0 Å². The Balaban J connectivity index is 2.36. The Morgan fingerprint density at radius 3 is 2.45 bits per heavy atom. The third-order valence-electron chi connectivity index (χ3n) is 3.31. The molecule has 2 N–H and O–H groups in total. The van der Waals surface area contributed by atoms with E-state index in [1.807, 2.05) is 25.1 Å². The quantitative estimate of drug-likeness (QED) is 0.882. The normalized spacial score (nSPS) is 10.6. The Bertz CT molecular complexity index is 633. The molecule has 3 nitrogen and oxygen atoms in total. The lowest BCUT2D eigenvalue weighted by atomic mass is 9.98. The van der Waals surface area contributed by atoms with Crippen molar-refractivity contribution in [2.45, 2.75) is 26.7 Å². The van der Waals surface area contributed by atoms with Gasteiger partial charge in [0, 0.05) is 5.69 Å². The van der Waals surface area contributed by atoms with Crippen LogP contribution in [0.2, 0.25) is 0 Å². The minimum atomic E-state index is -0.292. The van der Waals surface area contributed by atoms with E-state index >= 15 is 0 Å². The summed E-state index contributed by atoms with van der Waals surface area (Å²) in [5.41, 5.74) is 3.22. The van der Waals surface area contributed by atoms with Crippen molar-refractivity contribution in [2.24, 2.45) is 0 Å². The third kappa shape index (κ3) is 2.82. The molecule has 0 radical (unpaired) electrons. The average Bonchev–Trinajstić information content (AvgIpc) is 2.41. The van der Waals surface area contributed by atoms with E-state index in [9.17, 15) is 9.90 Å². The van der Waals surface area contributed by atoms with Crippen molar-refractivity contribution >= 4 is 11.6 Å². The number of benzene rings is 2. The number of hydrogen-bond donors (Lipinski definition) is 2. The lowest BCUT2D eigenvalue weighted by Crippen LogP contribution is -2.15. The van der Waals surface area contributed by atoms with Crippen LogP contribution in [0.5, 0.6) is 5.75 Å². The van der Waals surface area contributed by atoms with Crippen LogP contribution in [0.3, 0.4) is 0 Å². The summed E-state index contributed by atoms with van der Waals surface area (Å²) in [6.07, 6.45) is 0. The number of hydrogen-bond acceptors (Lipinski definition) is 2. The molecular weight excluding hydrogens is 250 g/mol. The SMILES string of the molecule is Cc1cccc(C(C)C)c1NC(=O)c1ccccc1O. The molecule has 2 rings (SSSR count). The molecule has 0 saturated heterocycles. The van der Waals surface area contributed by atoms with E-state index < -0.39 is 0 Å². The van der Waals surface area contributed by atoms with Crippen molar-refractivity contribution in [2.75, 3.05) is 5.32 Å². The molecule has 0 atom stereocenters. The molecular formula is C17H19NO2. The molecule has 2 aromatic rings. The fourth-order valence-electron chi connectivity index (χ4n) is 2.19. The zero-order chi connectivity index (χ0) is 14.7. The van der Waals surface area contributed by atoms with Gasteiger partial charge in [0.1, 0.15) is 5.75 Å². The van der Waals surface area contributed by atoms with Gasteiger partial charge in [0.05, 0.1) is 5.56 Å². The number of aryl methyl sites for hydroxylation is 1. The van der Waals surface area contributed by atoms with E-state index in [2.05, 4.69) is 19.2 Å². The van der Waals surface area contributed by atoms with Crippen LogP contribution in [0.25, 0.3) is 0 Å². The van der Waals surface area contributed by atoms with Crippen molar-refractivity contribution < 1.29 is 9.90 Å². The summed E-state index contributed by atoms with van der Waals surface area (Å²) >= 11 is 0. The van der Waals surface area contributed by atoms with Crippen LogP contribution in [0.15, 0.2) is 42.5 Å². The highest BCUT2D eigenvalue weighted by Gasteiger charge is 2.15.